The van der Waals surface area contributed by atoms with Crippen LogP contribution in [0.4, 0.5) is 0 Å². The Morgan fingerprint density at radius 2 is 1.91 bits per heavy atom. The maximum absolute atomic E-state index is 12.2. The lowest BCUT2D eigenvalue weighted by molar-refractivity contribution is -0.118. The van der Waals surface area contributed by atoms with E-state index in [4.69, 9.17) is 16.0 Å². The first-order valence-corrected chi connectivity index (χ1v) is 11.0. The number of aromatic nitrogens is 3. The molecule has 0 spiro atoms. The van der Waals surface area contributed by atoms with Crippen LogP contribution in [0.15, 0.2) is 93.7 Å². The molecule has 9 heteroatoms. The second kappa shape index (κ2) is 10.6. The van der Waals surface area contributed by atoms with Gasteiger partial charge in [-0.05, 0) is 48.6 Å². The minimum atomic E-state index is -0.260. The van der Waals surface area contributed by atoms with Gasteiger partial charge in [0.15, 0.2) is 11.0 Å². The van der Waals surface area contributed by atoms with Crippen LogP contribution in [0.3, 0.4) is 0 Å². The van der Waals surface area contributed by atoms with Gasteiger partial charge in [-0.2, -0.15) is 5.10 Å². The molecule has 0 aliphatic rings. The van der Waals surface area contributed by atoms with Crippen LogP contribution in [0.2, 0.25) is 5.02 Å². The summed E-state index contributed by atoms with van der Waals surface area (Å²) in [6.45, 7) is 0. The number of hydrazone groups is 1. The summed E-state index contributed by atoms with van der Waals surface area (Å²) in [4.78, 5) is 12.2. The van der Waals surface area contributed by atoms with Crippen LogP contribution in [0, 0.1) is 0 Å². The van der Waals surface area contributed by atoms with Crippen molar-refractivity contribution < 1.29 is 9.21 Å². The van der Waals surface area contributed by atoms with Crippen molar-refractivity contribution in [3.8, 4) is 17.1 Å². The summed E-state index contributed by atoms with van der Waals surface area (Å²) >= 11 is 7.32. The van der Waals surface area contributed by atoms with Crippen molar-refractivity contribution in [2.75, 3.05) is 5.75 Å². The SMILES string of the molecule is O=C(CSc1nnc(-c2ccccc2)n1-c1ccc(Cl)cc1)N/N=C\C=C\c1ccco1. The third kappa shape index (κ3) is 5.54. The Hall–Kier alpha value is -3.62. The van der Waals surface area contributed by atoms with Gasteiger partial charge in [0.2, 0.25) is 0 Å². The summed E-state index contributed by atoms with van der Waals surface area (Å²) in [5.41, 5.74) is 4.26. The van der Waals surface area contributed by atoms with E-state index < -0.39 is 0 Å². The Kier molecular flexibility index (Phi) is 7.16. The van der Waals surface area contributed by atoms with Crippen molar-refractivity contribution in [1.29, 1.82) is 0 Å². The molecular weight excluding hydrogens is 446 g/mol. The molecule has 32 heavy (non-hydrogen) atoms. The Bertz CT molecular complexity index is 1220. The molecule has 0 aliphatic carbocycles. The highest BCUT2D eigenvalue weighted by Gasteiger charge is 2.17. The largest absolute Gasteiger partial charge is 0.465 e. The summed E-state index contributed by atoms with van der Waals surface area (Å²) in [5.74, 6) is 1.25. The monoisotopic (exact) mass is 463 g/mol. The lowest BCUT2D eigenvalue weighted by Gasteiger charge is -2.10. The third-order valence-electron chi connectivity index (χ3n) is 4.24. The zero-order valence-corrected chi connectivity index (χ0v) is 18.3. The van der Waals surface area contributed by atoms with Crippen LogP contribution in [-0.2, 0) is 4.79 Å². The molecule has 0 bridgehead atoms. The Morgan fingerprint density at radius 3 is 2.66 bits per heavy atom. The van der Waals surface area contributed by atoms with Crippen LogP contribution in [0.1, 0.15) is 5.76 Å². The lowest BCUT2D eigenvalue weighted by Crippen LogP contribution is -2.19. The van der Waals surface area contributed by atoms with E-state index >= 15 is 0 Å². The zero-order chi connectivity index (χ0) is 22.2. The smallest absolute Gasteiger partial charge is 0.250 e. The van der Waals surface area contributed by atoms with Crippen molar-refractivity contribution in [2.45, 2.75) is 5.16 Å². The fourth-order valence-corrected chi connectivity index (χ4v) is 3.67. The van der Waals surface area contributed by atoms with Gasteiger partial charge in [-0.3, -0.25) is 9.36 Å². The Balaban J connectivity index is 1.45. The molecule has 2 heterocycles. The summed E-state index contributed by atoms with van der Waals surface area (Å²) in [6.07, 6.45) is 6.48. The summed E-state index contributed by atoms with van der Waals surface area (Å²) in [6, 6.07) is 20.7. The number of benzene rings is 2. The number of hydrogen-bond acceptors (Lipinski definition) is 6. The molecule has 2 aromatic heterocycles. The fraction of sp³-hybridized carbons (Fsp3) is 0.0435. The Labute approximate surface area is 193 Å². The van der Waals surface area contributed by atoms with Crippen molar-refractivity contribution in [2.24, 2.45) is 5.10 Å². The molecule has 0 atom stereocenters. The number of rotatable bonds is 8. The number of carbonyl (C=O) groups is 1. The number of nitrogens with zero attached hydrogens (tertiary/aromatic N) is 4. The maximum atomic E-state index is 12.2. The molecule has 160 valence electrons. The molecule has 0 fully saturated rings. The predicted molar refractivity (Wildman–Crippen MR) is 127 cm³/mol. The fourth-order valence-electron chi connectivity index (χ4n) is 2.80. The summed E-state index contributed by atoms with van der Waals surface area (Å²) < 4.78 is 7.08. The lowest BCUT2D eigenvalue weighted by atomic mass is 10.2. The van der Waals surface area contributed by atoms with Crippen LogP contribution in [-0.4, -0.2) is 32.6 Å². The number of carbonyl (C=O) groups excluding carboxylic acids is 1. The van der Waals surface area contributed by atoms with E-state index in [0.717, 1.165) is 11.3 Å². The van der Waals surface area contributed by atoms with Gasteiger partial charge >= 0.3 is 0 Å². The molecule has 0 radical (unpaired) electrons. The van der Waals surface area contributed by atoms with Crippen LogP contribution in [0.25, 0.3) is 23.2 Å². The van der Waals surface area contributed by atoms with Crippen molar-refractivity contribution in [3.05, 3.63) is 89.9 Å². The highest BCUT2D eigenvalue weighted by atomic mass is 35.5. The highest BCUT2D eigenvalue weighted by Crippen LogP contribution is 2.28. The number of allylic oxidation sites excluding steroid dienone is 1. The molecule has 1 amide bonds. The number of hydrogen-bond donors (Lipinski definition) is 1. The quantitative estimate of drug-likeness (QED) is 0.223. The van der Waals surface area contributed by atoms with Crippen molar-refractivity contribution >= 4 is 41.6 Å². The van der Waals surface area contributed by atoms with Crippen molar-refractivity contribution in [3.63, 3.8) is 0 Å². The number of thioether (sulfide) groups is 1. The average Bonchev–Trinajstić information content (AvgIpc) is 3.49. The van der Waals surface area contributed by atoms with Crippen LogP contribution >= 0.6 is 23.4 Å². The van der Waals surface area contributed by atoms with Gasteiger partial charge < -0.3 is 4.42 Å². The normalized spacial score (nSPS) is 11.4. The molecule has 0 saturated heterocycles. The minimum absolute atomic E-state index is 0.125. The first kappa shape index (κ1) is 21.6. The molecule has 1 N–H and O–H groups in total. The Morgan fingerprint density at radius 1 is 1.09 bits per heavy atom. The molecular formula is C23H18ClN5O2S. The van der Waals surface area contributed by atoms with Crippen molar-refractivity contribution in [1.82, 2.24) is 20.2 Å². The predicted octanol–water partition coefficient (Wildman–Crippen LogP) is 5.09. The van der Waals surface area contributed by atoms with Crippen LogP contribution in [0.5, 0.6) is 0 Å². The average molecular weight is 464 g/mol. The third-order valence-corrected chi connectivity index (χ3v) is 5.42. The van der Waals surface area contributed by atoms with E-state index in [2.05, 4.69) is 20.7 Å². The minimum Gasteiger partial charge on any atom is -0.465 e. The summed E-state index contributed by atoms with van der Waals surface area (Å²) in [7, 11) is 0. The molecule has 7 nitrogen and oxygen atoms in total. The van der Waals surface area contributed by atoms with E-state index in [1.165, 1.54) is 18.0 Å². The zero-order valence-electron chi connectivity index (χ0n) is 16.8. The molecule has 0 aliphatic heterocycles. The van der Waals surface area contributed by atoms with Gasteiger partial charge in [0.25, 0.3) is 5.91 Å². The van der Waals surface area contributed by atoms with E-state index in [9.17, 15) is 4.79 Å². The number of nitrogens with one attached hydrogen (secondary N) is 1. The van der Waals surface area contributed by atoms with Gasteiger partial charge in [0.05, 0.1) is 12.0 Å². The van der Waals surface area contributed by atoms with Gasteiger partial charge in [0.1, 0.15) is 5.76 Å². The number of halogens is 1. The highest BCUT2D eigenvalue weighted by molar-refractivity contribution is 7.99. The second-order valence-corrected chi connectivity index (χ2v) is 7.84. The van der Waals surface area contributed by atoms with Gasteiger partial charge in [0, 0.05) is 22.5 Å². The first-order valence-electron chi connectivity index (χ1n) is 9.62. The molecule has 4 aromatic rings. The molecule has 0 unspecified atom stereocenters. The van der Waals surface area contributed by atoms with E-state index in [1.54, 1.807) is 36.6 Å². The molecule has 2 aromatic carbocycles. The standard InChI is InChI=1S/C23H18ClN5O2S/c24-18-10-12-19(13-11-18)29-22(17-6-2-1-3-7-17)27-28-23(29)32-16-21(30)26-25-14-4-8-20-9-5-15-31-20/h1-15H,16H2,(H,26,30)/b8-4+,25-14-. The summed E-state index contributed by atoms with van der Waals surface area (Å²) in [5, 5.41) is 13.8. The number of furan rings is 1. The van der Waals surface area contributed by atoms with Gasteiger partial charge in [-0.25, -0.2) is 5.43 Å². The van der Waals surface area contributed by atoms with E-state index in [0.29, 0.717) is 21.8 Å². The second-order valence-electron chi connectivity index (χ2n) is 6.46. The number of amides is 1. The van der Waals surface area contributed by atoms with Gasteiger partial charge in [-0.1, -0.05) is 53.7 Å². The first-order chi connectivity index (χ1) is 15.7. The van der Waals surface area contributed by atoms with E-state index in [1.807, 2.05) is 53.1 Å². The maximum Gasteiger partial charge on any atom is 0.250 e. The topological polar surface area (TPSA) is 85.3 Å². The molecule has 4 rings (SSSR count). The van der Waals surface area contributed by atoms with E-state index in [-0.39, 0.29) is 11.7 Å². The van der Waals surface area contributed by atoms with Gasteiger partial charge in [-0.15, -0.1) is 10.2 Å². The van der Waals surface area contributed by atoms with Crippen LogP contribution < -0.4 is 5.43 Å². The molecule has 0 saturated carbocycles.